The van der Waals surface area contributed by atoms with Gasteiger partial charge in [0, 0.05) is 11.8 Å². The van der Waals surface area contributed by atoms with Crippen LogP contribution in [0.5, 0.6) is 0 Å². The number of rotatable bonds is 3. The molecule has 0 bridgehead atoms. The molecule has 3 aromatic rings. The van der Waals surface area contributed by atoms with Gasteiger partial charge in [0.1, 0.15) is 5.82 Å². The number of aryl methyl sites for hydroxylation is 1. The first-order chi connectivity index (χ1) is 9.69. The molecule has 0 fully saturated rings. The number of fused-ring (bicyclic) bond motifs is 1. The Labute approximate surface area is 121 Å². The lowest BCUT2D eigenvalue weighted by Crippen LogP contribution is -2.19. The highest BCUT2D eigenvalue weighted by atomic mass is 32.1. The van der Waals surface area contributed by atoms with Crippen molar-refractivity contribution < 1.29 is 4.39 Å². The third kappa shape index (κ3) is 2.32. The summed E-state index contributed by atoms with van der Waals surface area (Å²) in [7, 11) is 1.84. The van der Waals surface area contributed by atoms with Crippen LogP contribution in [0.2, 0.25) is 0 Å². The number of aromatic nitrogens is 1. The zero-order chi connectivity index (χ0) is 14.1. The highest BCUT2D eigenvalue weighted by Gasteiger charge is 2.17. The minimum Gasteiger partial charge on any atom is -0.309 e. The number of nitrogens with one attached hydrogen (secondary N) is 1. The summed E-state index contributed by atoms with van der Waals surface area (Å²) in [5, 5.41) is 5.20. The molecule has 0 aliphatic carbocycles. The maximum Gasteiger partial charge on any atom is 0.128 e. The van der Waals surface area contributed by atoms with E-state index in [9.17, 15) is 4.39 Å². The lowest BCUT2D eigenvalue weighted by Gasteiger charge is -2.18. The number of hydrogen-bond donors (Lipinski definition) is 1. The molecule has 20 heavy (non-hydrogen) atoms. The van der Waals surface area contributed by atoms with Gasteiger partial charge < -0.3 is 5.32 Å². The second kappa shape index (κ2) is 5.31. The molecule has 1 aromatic carbocycles. The van der Waals surface area contributed by atoms with E-state index < -0.39 is 0 Å². The van der Waals surface area contributed by atoms with Crippen LogP contribution in [0.4, 0.5) is 4.39 Å². The lowest BCUT2D eigenvalue weighted by molar-refractivity contribution is 0.575. The Morgan fingerprint density at radius 2 is 2.10 bits per heavy atom. The van der Waals surface area contributed by atoms with Gasteiger partial charge >= 0.3 is 0 Å². The second-order valence-electron chi connectivity index (χ2n) is 4.82. The van der Waals surface area contributed by atoms with Gasteiger partial charge in [0.25, 0.3) is 0 Å². The summed E-state index contributed by atoms with van der Waals surface area (Å²) in [4.78, 5) is 4.44. The van der Waals surface area contributed by atoms with Crippen molar-refractivity contribution in [2.45, 2.75) is 13.0 Å². The Bertz CT molecular complexity index is 751. The molecule has 2 aromatic heterocycles. The summed E-state index contributed by atoms with van der Waals surface area (Å²) in [6.07, 6.45) is 1.82. The average molecular weight is 286 g/mol. The van der Waals surface area contributed by atoms with Crippen molar-refractivity contribution in [1.29, 1.82) is 0 Å². The van der Waals surface area contributed by atoms with E-state index in [1.54, 1.807) is 17.4 Å². The number of thiophene rings is 1. The first-order valence-corrected chi connectivity index (χ1v) is 7.33. The quantitative estimate of drug-likeness (QED) is 0.785. The van der Waals surface area contributed by atoms with Crippen LogP contribution in [-0.2, 0) is 0 Å². The van der Waals surface area contributed by atoms with Crippen molar-refractivity contribution in [3.8, 4) is 0 Å². The minimum absolute atomic E-state index is 0.186. The van der Waals surface area contributed by atoms with Crippen LogP contribution in [0.15, 0.2) is 41.9 Å². The van der Waals surface area contributed by atoms with E-state index in [2.05, 4.69) is 16.4 Å². The predicted molar refractivity (Wildman–Crippen MR) is 81.7 cm³/mol. The Hall–Kier alpha value is -1.78. The molecule has 1 atom stereocenters. The van der Waals surface area contributed by atoms with Gasteiger partial charge in [-0.05, 0) is 43.1 Å². The van der Waals surface area contributed by atoms with Crippen LogP contribution < -0.4 is 5.32 Å². The van der Waals surface area contributed by atoms with Crippen LogP contribution >= 0.6 is 11.3 Å². The van der Waals surface area contributed by atoms with Gasteiger partial charge in [0.05, 0.1) is 16.3 Å². The summed E-state index contributed by atoms with van der Waals surface area (Å²) in [6.45, 7) is 1.97. The molecular formula is C16H15FN2S. The summed E-state index contributed by atoms with van der Waals surface area (Å²) in [6, 6.07) is 9.07. The Morgan fingerprint density at radius 1 is 1.25 bits per heavy atom. The van der Waals surface area contributed by atoms with Crippen LogP contribution in [0.25, 0.3) is 10.2 Å². The van der Waals surface area contributed by atoms with Crippen molar-refractivity contribution in [2.75, 3.05) is 7.05 Å². The van der Waals surface area contributed by atoms with E-state index in [0.29, 0.717) is 5.56 Å². The molecule has 102 valence electrons. The molecule has 2 nitrogen and oxygen atoms in total. The van der Waals surface area contributed by atoms with E-state index >= 15 is 0 Å². The van der Waals surface area contributed by atoms with Crippen molar-refractivity contribution in [2.24, 2.45) is 0 Å². The number of hydrogen-bond acceptors (Lipinski definition) is 3. The predicted octanol–water partition coefficient (Wildman–Crippen LogP) is 4.05. The first kappa shape index (κ1) is 13.2. The zero-order valence-corrected chi connectivity index (χ0v) is 12.2. The Morgan fingerprint density at radius 3 is 2.90 bits per heavy atom. The highest BCUT2D eigenvalue weighted by molar-refractivity contribution is 7.17. The van der Waals surface area contributed by atoms with Crippen LogP contribution in [0, 0.1) is 12.7 Å². The number of benzene rings is 1. The lowest BCUT2D eigenvalue weighted by atomic mass is 9.98. The summed E-state index contributed by atoms with van der Waals surface area (Å²) in [5.74, 6) is -0.193. The molecule has 0 radical (unpaired) electrons. The maximum absolute atomic E-state index is 14.1. The van der Waals surface area contributed by atoms with Crippen molar-refractivity contribution in [3.05, 3.63) is 64.4 Å². The Balaban J connectivity index is 2.10. The Kier molecular flexibility index (Phi) is 3.51. The van der Waals surface area contributed by atoms with E-state index in [1.807, 2.05) is 37.7 Å². The molecule has 0 saturated carbocycles. The first-order valence-electron chi connectivity index (χ1n) is 6.45. The molecule has 0 amide bonds. The molecule has 0 spiro atoms. The minimum atomic E-state index is -0.193. The molecule has 1 N–H and O–H groups in total. The number of halogens is 1. The molecule has 0 aliphatic heterocycles. The van der Waals surface area contributed by atoms with Crippen molar-refractivity contribution in [1.82, 2.24) is 10.3 Å². The normalized spacial score (nSPS) is 12.8. The number of nitrogens with zero attached hydrogens (tertiary/aromatic N) is 1. The fourth-order valence-corrected chi connectivity index (χ4v) is 3.19. The third-order valence-electron chi connectivity index (χ3n) is 3.41. The summed E-state index contributed by atoms with van der Waals surface area (Å²) < 4.78 is 15.2. The zero-order valence-electron chi connectivity index (χ0n) is 11.4. The maximum atomic E-state index is 14.1. The third-order valence-corrected chi connectivity index (χ3v) is 4.26. The molecule has 4 heteroatoms. The van der Waals surface area contributed by atoms with Gasteiger partial charge in [-0.1, -0.05) is 17.7 Å². The summed E-state index contributed by atoms with van der Waals surface area (Å²) >= 11 is 1.65. The molecule has 0 aliphatic rings. The largest absolute Gasteiger partial charge is 0.309 e. The fraction of sp³-hybridized carbons (Fsp3) is 0.188. The van der Waals surface area contributed by atoms with E-state index in [1.165, 1.54) is 6.07 Å². The molecule has 0 saturated heterocycles. The number of pyridine rings is 1. The molecular weight excluding hydrogens is 271 g/mol. The van der Waals surface area contributed by atoms with Gasteiger partial charge in [0.2, 0.25) is 0 Å². The monoisotopic (exact) mass is 286 g/mol. The van der Waals surface area contributed by atoms with Gasteiger partial charge in [-0.25, -0.2) is 4.39 Å². The van der Waals surface area contributed by atoms with Crippen LogP contribution in [0.1, 0.15) is 22.7 Å². The summed E-state index contributed by atoms with van der Waals surface area (Å²) in [5.41, 5.74) is 3.67. The molecule has 1 unspecified atom stereocenters. The van der Waals surface area contributed by atoms with Gasteiger partial charge in [-0.2, -0.15) is 0 Å². The van der Waals surface area contributed by atoms with Gasteiger partial charge in [0.15, 0.2) is 0 Å². The van der Waals surface area contributed by atoms with Crippen LogP contribution in [0.3, 0.4) is 0 Å². The van der Waals surface area contributed by atoms with E-state index in [0.717, 1.165) is 21.3 Å². The molecule has 2 heterocycles. The highest BCUT2D eigenvalue weighted by Crippen LogP contribution is 2.28. The van der Waals surface area contributed by atoms with Crippen molar-refractivity contribution >= 4 is 21.6 Å². The topological polar surface area (TPSA) is 24.9 Å². The molecule has 3 rings (SSSR count). The van der Waals surface area contributed by atoms with Gasteiger partial charge in [-0.3, -0.25) is 4.98 Å². The van der Waals surface area contributed by atoms with E-state index in [-0.39, 0.29) is 11.9 Å². The standard InChI is InChI=1S/C16H15FN2S/c1-10-3-4-13(17)12(7-10)16(18-2)11-8-15-14(19-9-11)5-6-20-15/h3-9,16,18H,1-2H3. The van der Waals surface area contributed by atoms with Crippen LogP contribution in [-0.4, -0.2) is 12.0 Å². The average Bonchev–Trinajstić information content (AvgIpc) is 2.91. The van der Waals surface area contributed by atoms with E-state index in [4.69, 9.17) is 0 Å². The second-order valence-corrected chi connectivity index (χ2v) is 5.77. The smallest absolute Gasteiger partial charge is 0.128 e. The van der Waals surface area contributed by atoms with Gasteiger partial charge in [-0.15, -0.1) is 11.3 Å². The van der Waals surface area contributed by atoms with Crippen molar-refractivity contribution in [3.63, 3.8) is 0 Å². The SMILES string of the molecule is CNC(c1cnc2ccsc2c1)c1cc(C)ccc1F. The fourth-order valence-electron chi connectivity index (χ4n) is 2.41.